The van der Waals surface area contributed by atoms with Crippen LogP contribution < -0.4 is 4.74 Å². The Morgan fingerprint density at radius 1 is 1.15 bits per heavy atom. The Bertz CT molecular complexity index is 664. The summed E-state index contributed by atoms with van der Waals surface area (Å²) in [6.07, 6.45) is -1.39. The van der Waals surface area contributed by atoms with Crippen molar-refractivity contribution in [1.29, 1.82) is 0 Å². The first-order valence-electron chi connectivity index (χ1n) is 5.86. The Morgan fingerprint density at radius 3 is 2.30 bits per heavy atom. The minimum Gasteiger partial charge on any atom is -0.449 e. The molecule has 5 heteroatoms. The van der Waals surface area contributed by atoms with Crippen LogP contribution in [0.2, 0.25) is 10.0 Å². The van der Waals surface area contributed by atoms with E-state index in [2.05, 4.69) is 0 Å². The van der Waals surface area contributed by atoms with Crippen LogP contribution in [0.3, 0.4) is 0 Å². The van der Waals surface area contributed by atoms with Gasteiger partial charge < -0.3 is 9.84 Å². The molecular formula is C15H12Cl2O3. The first kappa shape index (κ1) is 14.7. The summed E-state index contributed by atoms with van der Waals surface area (Å²) >= 11 is 11.9. The number of ether oxygens (including phenoxy) is 1. The Balaban J connectivity index is 2.63. The van der Waals surface area contributed by atoms with Gasteiger partial charge in [0.15, 0.2) is 5.75 Å². The summed E-state index contributed by atoms with van der Waals surface area (Å²) in [5.41, 5.74) is 3.44. The Hall–Kier alpha value is -1.71. The van der Waals surface area contributed by atoms with Crippen molar-refractivity contribution < 1.29 is 14.6 Å². The second kappa shape index (κ2) is 5.73. The molecule has 0 aromatic heterocycles. The van der Waals surface area contributed by atoms with Crippen LogP contribution >= 0.6 is 23.2 Å². The minimum atomic E-state index is -1.39. The van der Waals surface area contributed by atoms with E-state index in [-0.39, 0.29) is 10.8 Å². The number of halogens is 2. The quantitative estimate of drug-likeness (QED) is 0.602. The Kier molecular flexibility index (Phi) is 4.21. The van der Waals surface area contributed by atoms with Gasteiger partial charge in [-0.05, 0) is 48.7 Å². The van der Waals surface area contributed by atoms with Crippen molar-refractivity contribution in [2.45, 2.75) is 13.8 Å². The van der Waals surface area contributed by atoms with Crippen LogP contribution in [-0.2, 0) is 0 Å². The van der Waals surface area contributed by atoms with Crippen molar-refractivity contribution >= 4 is 29.4 Å². The van der Waals surface area contributed by atoms with E-state index in [0.29, 0.717) is 10.6 Å². The van der Waals surface area contributed by atoms with Gasteiger partial charge in [0.05, 0.1) is 5.02 Å². The molecule has 0 spiro atoms. The number of rotatable bonds is 2. The molecule has 3 nitrogen and oxygen atoms in total. The molecule has 0 aliphatic carbocycles. The average molecular weight is 311 g/mol. The van der Waals surface area contributed by atoms with Crippen LogP contribution in [0.15, 0.2) is 30.3 Å². The van der Waals surface area contributed by atoms with Crippen LogP contribution in [0.25, 0.3) is 11.1 Å². The molecule has 2 aromatic rings. The van der Waals surface area contributed by atoms with Crippen molar-refractivity contribution in [2.24, 2.45) is 0 Å². The molecule has 0 unspecified atom stereocenters. The number of benzene rings is 2. The zero-order chi connectivity index (χ0) is 14.9. The van der Waals surface area contributed by atoms with E-state index < -0.39 is 6.16 Å². The van der Waals surface area contributed by atoms with Crippen molar-refractivity contribution in [3.05, 3.63) is 51.5 Å². The summed E-state index contributed by atoms with van der Waals surface area (Å²) in [6.45, 7) is 3.69. The molecule has 0 aliphatic rings. The second-order valence-electron chi connectivity index (χ2n) is 4.38. The van der Waals surface area contributed by atoms with Gasteiger partial charge in [-0.15, -0.1) is 0 Å². The highest BCUT2D eigenvalue weighted by molar-refractivity contribution is 6.32. The van der Waals surface area contributed by atoms with E-state index in [9.17, 15) is 4.79 Å². The van der Waals surface area contributed by atoms with Crippen LogP contribution in [0.5, 0.6) is 5.75 Å². The second-order valence-corrected chi connectivity index (χ2v) is 5.22. The third-order valence-corrected chi connectivity index (χ3v) is 3.53. The molecule has 2 aromatic carbocycles. The van der Waals surface area contributed by atoms with Gasteiger partial charge in [0, 0.05) is 10.6 Å². The lowest BCUT2D eigenvalue weighted by Gasteiger charge is -2.15. The normalized spacial score (nSPS) is 10.4. The number of hydrogen-bond donors (Lipinski definition) is 1. The molecule has 0 bridgehead atoms. The van der Waals surface area contributed by atoms with Crippen LogP contribution in [0.1, 0.15) is 11.1 Å². The van der Waals surface area contributed by atoms with Crippen molar-refractivity contribution in [2.75, 3.05) is 0 Å². The molecule has 0 aliphatic heterocycles. The van der Waals surface area contributed by atoms with Gasteiger partial charge in [-0.2, -0.15) is 0 Å². The smallest absolute Gasteiger partial charge is 0.449 e. The van der Waals surface area contributed by atoms with E-state index in [1.54, 1.807) is 25.1 Å². The number of carboxylic acid groups (broad SMARTS) is 1. The van der Waals surface area contributed by atoms with Crippen LogP contribution in [0.4, 0.5) is 4.79 Å². The largest absolute Gasteiger partial charge is 0.511 e. The standard InChI is InChI=1S/C15H12Cl2O3/c1-8-7-12(17)14(20-15(18)19)9(2)13(8)10-3-5-11(16)6-4-10/h3-7H,1-2H3,(H,18,19). The molecule has 0 saturated heterocycles. The van der Waals surface area contributed by atoms with Gasteiger partial charge >= 0.3 is 6.16 Å². The van der Waals surface area contributed by atoms with Gasteiger partial charge in [-0.1, -0.05) is 35.3 Å². The highest BCUT2D eigenvalue weighted by atomic mass is 35.5. The molecule has 0 amide bonds. The molecule has 0 radical (unpaired) electrons. The van der Waals surface area contributed by atoms with Gasteiger partial charge in [-0.3, -0.25) is 0 Å². The summed E-state index contributed by atoms with van der Waals surface area (Å²) in [5, 5.41) is 9.70. The molecule has 0 fully saturated rings. The predicted octanol–water partition coefficient (Wildman–Crippen LogP) is 5.33. The number of hydrogen-bond acceptors (Lipinski definition) is 2. The van der Waals surface area contributed by atoms with Gasteiger partial charge in [0.25, 0.3) is 0 Å². The lowest BCUT2D eigenvalue weighted by atomic mass is 9.95. The molecule has 0 heterocycles. The van der Waals surface area contributed by atoms with E-state index in [1.165, 1.54) is 0 Å². The summed E-state index contributed by atoms with van der Waals surface area (Å²) in [7, 11) is 0. The maximum atomic E-state index is 10.8. The zero-order valence-electron chi connectivity index (χ0n) is 10.9. The van der Waals surface area contributed by atoms with Crippen molar-refractivity contribution in [1.82, 2.24) is 0 Å². The molecule has 0 atom stereocenters. The van der Waals surface area contributed by atoms with Gasteiger partial charge in [0.2, 0.25) is 0 Å². The summed E-state index contributed by atoms with van der Waals surface area (Å²) in [5.74, 6) is 0.162. The maximum Gasteiger partial charge on any atom is 0.511 e. The van der Waals surface area contributed by atoms with Gasteiger partial charge in [-0.25, -0.2) is 4.79 Å². The number of aryl methyl sites for hydroxylation is 1. The summed E-state index contributed by atoms with van der Waals surface area (Å²) in [4.78, 5) is 10.8. The van der Waals surface area contributed by atoms with E-state index >= 15 is 0 Å². The van der Waals surface area contributed by atoms with Crippen LogP contribution in [0, 0.1) is 13.8 Å². The fourth-order valence-corrected chi connectivity index (χ4v) is 2.66. The average Bonchev–Trinajstić information content (AvgIpc) is 2.36. The minimum absolute atomic E-state index is 0.162. The lowest BCUT2D eigenvalue weighted by Crippen LogP contribution is -2.06. The molecule has 20 heavy (non-hydrogen) atoms. The predicted molar refractivity (Wildman–Crippen MR) is 80.0 cm³/mol. The number of carbonyl (C=O) groups is 1. The van der Waals surface area contributed by atoms with E-state index in [4.69, 9.17) is 33.0 Å². The van der Waals surface area contributed by atoms with Gasteiger partial charge in [0.1, 0.15) is 0 Å². The monoisotopic (exact) mass is 310 g/mol. The van der Waals surface area contributed by atoms with Crippen molar-refractivity contribution in [3.8, 4) is 16.9 Å². The Labute approximate surface area is 126 Å². The fourth-order valence-electron chi connectivity index (χ4n) is 2.19. The molecule has 2 rings (SSSR count). The highest BCUT2D eigenvalue weighted by Crippen LogP contribution is 2.38. The first-order chi connectivity index (χ1) is 9.40. The highest BCUT2D eigenvalue weighted by Gasteiger charge is 2.17. The Morgan fingerprint density at radius 2 is 1.75 bits per heavy atom. The lowest BCUT2D eigenvalue weighted by molar-refractivity contribution is 0.144. The molecule has 1 N–H and O–H groups in total. The van der Waals surface area contributed by atoms with E-state index in [1.807, 2.05) is 19.1 Å². The third kappa shape index (κ3) is 2.89. The first-order valence-corrected chi connectivity index (χ1v) is 6.62. The molecule has 0 saturated carbocycles. The summed E-state index contributed by atoms with van der Waals surface area (Å²) in [6, 6.07) is 8.99. The molecule has 104 valence electrons. The van der Waals surface area contributed by atoms with Crippen molar-refractivity contribution in [3.63, 3.8) is 0 Å². The maximum absolute atomic E-state index is 10.8. The fraction of sp³-hybridized carbons (Fsp3) is 0.133. The SMILES string of the molecule is Cc1cc(Cl)c(OC(=O)O)c(C)c1-c1ccc(Cl)cc1. The van der Waals surface area contributed by atoms with Crippen LogP contribution in [-0.4, -0.2) is 11.3 Å². The van der Waals surface area contributed by atoms with E-state index in [0.717, 1.165) is 16.7 Å². The third-order valence-electron chi connectivity index (χ3n) is 2.99. The topological polar surface area (TPSA) is 46.5 Å². The summed E-state index contributed by atoms with van der Waals surface area (Å²) < 4.78 is 4.78. The zero-order valence-corrected chi connectivity index (χ0v) is 12.4. The molecular weight excluding hydrogens is 299 g/mol.